The van der Waals surface area contributed by atoms with Gasteiger partial charge in [0, 0.05) is 59.8 Å². The highest BCUT2D eigenvalue weighted by Crippen LogP contribution is 2.54. The summed E-state index contributed by atoms with van der Waals surface area (Å²) in [5.41, 5.74) is 23.7. The predicted molar refractivity (Wildman–Crippen MR) is 321 cm³/mol. The summed E-state index contributed by atoms with van der Waals surface area (Å²) in [6.07, 6.45) is 0. The van der Waals surface area contributed by atoms with E-state index in [-0.39, 0.29) is 16.2 Å². The zero-order valence-electron chi connectivity index (χ0n) is 44.3. The lowest BCUT2D eigenvalue weighted by Gasteiger charge is -2.22. The van der Waals surface area contributed by atoms with E-state index in [1.807, 2.05) is 0 Å². The van der Waals surface area contributed by atoms with Crippen LogP contribution in [0.3, 0.4) is 0 Å². The highest BCUT2D eigenvalue weighted by atomic mass is 15.3. The molecule has 0 fully saturated rings. The van der Waals surface area contributed by atoms with Crippen molar-refractivity contribution >= 4 is 65.4 Å². The van der Waals surface area contributed by atoms with Gasteiger partial charge >= 0.3 is 0 Å². The number of fused-ring (bicyclic) bond motifs is 18. The number of para-hydroxylation sites is 3. The van der Waals surface area contributed by atoms with E-state index in [9.17, 15) is 0 Å². The molecule has 17 rings (SSSR count). The average molecular weight is 1000 g/mol. The Morgan fingerprint density at radius 3 is 1.05 bits per heavy atom. The molecule has 370 valence electrons. The van der Waals surface area contributed by atoms with Gasteiger partial charge in [-0.1, -0.05) is 181 Å². The fraction of sp³-hybridized carbons (Fsp3) is 0.125. The van der Waals surface area contributed by atoms with Crippen LogP contribution in [0.1, 0.15) is 74.9 Å². The number of rotatable bonds is 4. The first-order valence-electron chi connectivity index (χ1n) is 27.4. The monoisotopic (exact) mass is 1000 g/mol. The van der Waals surface area contributed by atoms with E-state index < -0.39 is 0 Å². The van der Waals surface area contributed by atoms with Crippen molar-refractivity contribution in [3.05, 3.63) is 240 Å². The lowest BCUT2D eigenvalue weighted by molar-refractivity contribution is 0.660. The van der Waals surface area contributed by atoms with Gasteiger partial charge in [-0.25, -0.2) is 0 Å². The van der Waals surface area contributed by atoms with Crippen molar-refractivity contribution in [1.29, 1.82) is 0 Å². The van der Waals surface area contributed by atoms with Gasteiger partial charge in [0.15, 0.2) is 5.82 Å². The van der Waals surface area contributed by atoms with E-state index in [0.29, 0.717) is 17.7 Å². The molecule has 0 N–H and O–H groups in total. The summed E-state index contributed by atoms with van der Waals surface area (Å²) in [7, 11) is 0. The largest absolute Gasteiger partial charge is 0.309 e. The normalized spacial score (nSPS) is 15.1. The maximum atomic E-state index is 5.70. The van der Waals surface area contributed by atoms with Crippen LogP contribution in [-0.2, 0) is 16.2 Å². The van der Waals surface area contributed by atoms with Gasteiger partial charge in [-0.15, -0.1) is 0 Å². The standard InChI is InChI=1S/C72H52N6/c1-70(2)55-28-13-7-22-43(55)49-35-52-46-25-10-16-31-61(46)76(64(52)38-58(49)70)42-21-19-20-41(34-42)67-73-68(77-62-32-17-11-26-47(62)53-36-50-44-23-8-14-29-56(44)71(3,4)59(50)39-65(53)77)75-69(74-67)78-63-33-18-12-27-48(63)54-37-51-45-24-9-15-30-57(45)72(5,6)60(51)40-66(54)78/h7-40H,1-6H3. The smallest absolute Gasteiger partial charge is 0.240 e. The van der Waals surface area contributed by atoms with Crippen LogP contribution >= 0.6 is 0 Å². The summed E-state index contributed by atoms with van der Waals surface area (Å²) >= 11 is 0. The Morgan fingerprint density at radius 2 is 0.628 bits per heavy atom. The molecule has 6 nitrogen and oxygen atoms in total. The molecule has 6 heteroatoms. The molecule has 0 amide bonds. The molecule has 0 unspecified atom stereocenters. The van der Waals surface area contributed by atoms with Crippen LogP contribution in [0, 0.1) is 0 Å². The van der Waals surface area contributed by atoms with Crippen molar-refractivity contribution in [3.8, 4) is 62.4 Å². The highest BCUT2D eigenvalue weighted by Gasteiger charge is 2.39. The summed E-state index contributed by atoms with van der Waals surface area (Å²) in [5.74, 6) is 1.72. The van der Waals surface area contributed by atoms with Crippen molar-refractivity contribution < 1.29 is 0 Å². The van der Waals surface area contributed by atoms with Crippen LogP contribution in [0.4, 0.5) is 0 Å². The van der Waals surface area contributed by atoms with Crippen LogP contribution < -0.4 is 0 Å². The number of benzene rings is 10. The second kappa shape index (κ2) is 15.0. The molecule has 78 heavy (non-hydrogen) atoms. The minimum Gasteiger partial charge on any atom is -0.309 e. The van der Waals surface area contributed by atoms with Gasteiger partial charge in [-0.05, 0) is 133 Å². The van der Waals surface area contributed by atoms with Crippen LogP contribution in [-0.4, -0.2) is 28.7 Å². The lowest BCUT2D eigenvalue weighted by atomic mass is 9.82. The van der Waals surface area contributed by atoms with Crippen LogP contribution in [0.15, 0.2) is 206 Å². The fourth-order valence-electron chi connectivity index (χ4n) is 14.7. The van der Waals surface area contributed by atoms with Gasteiger partial charge in [-0.3, -0.25) is 9.13 Å². The molecule has 0 saturated carbocycles. The summed E-state index contributed by atoms with van der Waals surface area (Å²) in [5, 5.41) is 7.10. The maximum Gasteiger partial charge on any atom is 0.240 e. The van der Waals surface area contributed by atoms with Crippen LogP contribution in [0.5, 0.6) is 0 Å². The second-order valence-corrected chi connectivity index (χ2v) is 23.6. The molecule has 0 spiro atoms. The first kappa shape index (κ1) is 43.8. The summed E-state index contributed by atoms with van der Waals surface area (Å²) < 4.78 is 7.03. The summed E-state index contributed by atoms with van der Waals surface area (Å²) in [6, 6.07) is 76.4. The minimum absolute atomic E-state index is 0.153. The molecule has 14 aromatic rings. The number of nitrogens with zero attached hydrogens (tertiary/aromatic N) is 6. The fourth-order valence-corrected chi connectivity index (χ4v) is 14.7. The van der Waals surface area contributed by atoms with Gasteiger partial charge in [0.05, 0.1) is 33.1 Å². The van der Waals surface area contributed by atoms with Gasteiger partial charge in [0.25, 0.3) is 0 Å². The molecule has 10 aromatic carbocycles. The SMILES string of the molecule is CC1(C)c2ccccc2-c2cc3c4ccccc4n(-c4cccc(-c5nc(-n6c7ccccc7c7cc8c(cc76)C(C)(C)c6ccccc6-8)nc(-n6c7ccccc7c7cc8c(cc76)C(C)(C)c6ccccc6-8)n5)c4)c3cc21. The Balaban J connectivity index is 0.940. The van der Waals surface area contributed by atoms with Crippen molar-refractivity contribution in [2.45, 2.75) is 57.8 Å². The van der Waals surface area contributed by atoms with Crippen molar-refractivity contribution in [3.63, 3.8) is 0 Å². The molecule has 0 aliphatic heterocycles. The van der Waals surface area contributed by atoms with Crippen molar-refractivity contribution in [1.82, 2.24) is 28.7 Å². The van der Waals surface area contributed by atoms with Crippen LogP contribution in [0.2, 0.25) is 0 Å². The van der Waals surface area contributed by atoms with Gasteiger partial charge in [0.1, 0.15) is 0 Å². The molecule has 0 radical (unpaired) electrons. The van der Waals surface area contributed by atoms with E-state index in [4.69, 9.17) is 15.0 Å². The Bertz CT molecular complexity index is 4810. The molecule has 4 heterocycles. The average Bonchev–Trinajstić information content (AvgIpc) is 3.89. The third kappa shape index (κ3) is 5.58. The third-order valence-electron chi connectivity index (χ3n) is 18.5. The Kier molecular flexibility index (Phi) is 8.40. The molecule has 0 atom stereocenters. The maximum absolute atomic E-state index is 5.70. The zero-order chi connectivity index (χ0) is 52.1. The topological polar surface area (TPSA) is 53.5 Å². The zero-order valence-corrected chi connectivity index (χ0v) is 44.3. The lowest BCUT2D eigenvalue weighted by Crippen LogP contribution is -2.15. The third-order valence-corrected chi connectivity index (χ3v) is 18.5. The molecular formula is C72H52N6. The Hall–Kier alpha value is -9.39. The minimum atomic E-state index is -0.208. The first-order chi connectivity index (χ1) is 37.9. The van der Waals surface area contributed by atoms with E-state index in [0.717, 1.165) is 49.6 Å². The van der Waals surface area contributed by atoms with E-state index in [1.165, 1.54) is 93.8 Å². The Morgan fingerprint density at radius 1 is 0.269 bits per heavy atom. The van der Waals surface area contributed by atoms with E-state index in [1.54, 1.807) is 0 Å². The molecule has 3 aliphatic carbocycles. The quantitative estimate of drug-likeness (QED) is 0.177. The van der Waals surface area contributed by atoms with Crippen molar-refractivity contribution in [2.24, 2.45) is 0 Å². The number of hydrogen-bond acceptors (Lipinski definition) is 3. The highest BCUT2D eigenvalue weighted by molar-refractivity contribution is 6.14. The molecule has 0 saturated heterocycles. The summed E-state index contributed by atoms with van der Waals surface area (Å²) in [6.45, 7) is 14.1. The summed E-state index contributed by atoms with van der Waals surface area (Å²) in [4.78, 5) is 17.0. The number of hydrogen-bond donors (Lipinski definition) is 0. The van der Waals surface area contributed by atoms with E-state index in [2.05, 4.69) is 262 Å². The van der Waals surface area contributed by atoms with Crippen LogP contribution in [0.25, 0.3) is 128 Å². The predicted octanol–water partition coefficient (Wildman–Crippen LogP) is 17.7. The molecular weight excluding hydrogens is 949 g/mol. The van der Waals surface area contributed by atoms with Gasteiger partial charge < -0.3 is 4.57 Å². The number of aromatic nitrogens is 6. The second-order valence-electron chi connectivity index (χ2n) is 23.6. The van der Waals surface area contributed by atoms with E-state index >= 15 is 0 Å². The molecule has 0 bridgehead atoms. The van der Waals surface area contributed by atoms with Crippen molar-refractivity contribution in [2.75, 3.05) is 0 Å². The van der Waals surface area contributed by atoms with Gasteiger partial charge in [-0.2, -0.15) is 15.0 Å². The molecule has 3 aliphatic rings. The van der Waals surface area contributed by atoms with Gasteiger partial charge in [0.2, 0.25) is 11.9 Å². The Labute approximate surface area is 451 Å². The molecule has 4 aromatic heterocycles. The first-order valence-corrected chi connectivity index (χ1v) is 27.4.